The normalized spacial score (nSPS) is 10.5. The van der Waals surface area contributed by atoms with E-state index in [9.17, 15) is 10.1 Å². The van der Waals surface area contributed by atoms with Crippen molar-refractivity contribution in [3.63, 3.8) is 0 Å². The predicted molar refractivity (Wildman–Crippen MR) is 61.1 cm³/mol. The third-order valence-corrected chi connectivity index (χ3v) is 2.68. The number of nitro groups is 1. The Morgan fingerprint density at radius 3 is 2.87 bits per heavy atom. The number of halogens is 2. The first-order valence-electron chi connectivity index (χ1n) is 3.98. The largest absolute Gasteiger partial charge is 0.278 e. The summed E-state index contributed by atoms with van der Waals surface area (Å²) >= 11 is 9.10. The zero-order chi connectivity index (χ0) is 11.0. The van der Waals surface area contributed by atoms with Crippen LogP contribution in [0.25, 0.3) is 10.9 Å². The molecule has 76 valence electrons. The number of benzene rings is 1. The van der Waals surface area contributed by atoms with Crippen molar-refractivity contribution in [3.05, 3.63) is 44.0 Å². The number of hydrogen-bond acceptors (Lipinski definition) is 3. The van der Waals surface area contributed by atoms with Gasteiger partial charge in [0.2, 0.25) is 0 Å². The summed E-state index contributed by atoms with van der Waals surface area (Å²) in [7, 11) is 0. The van der Waals surface area contributed by atoms with Gasteiger partial charge in [-0.05, 0) is 28.1 Å². The zero-order valence-electron chi connectivity index (χ0n) is 7.28. The predicted octanol–water partition coefficient (Wildman–Crippen LogP) is 3.56. The van der Waals surface area contributed by atoms with Gasteiger partial charge in [-0.3, -0.25) is 15.1 Å². The minimum absolute atomic E-state index is 0.00296. The van der Waals surface area contributed by atoms with E-state index in [0.29, 0.717) is 20.4 Å². The van der Waals surface area contributed by atoms with Crippen LogP contribution in [-0.2, 0) is 0 Å². The zero-order valence-corrected chi connectivity index (χ0v) is 9.62. The highest BCUT2D eigenvalue weighted by molar-refractivity contribution is 9.10. The molecule has 0 spiro atoms. The molecule has 0 N–H and O–H groups in total. The molecule has 1 heterocycles. The van der Waals surface area contributed by atoms with Crippen LogP contribution < -0.4 is 0 Å². The van der Waals surface area contributed by atoms with Gasteiger partial charge >= 0.3 is 0 Å². The van der Waals surface area contributed by atoms with E-state index in [4.69, 9.17) is 11.6 Å². The summed E-state index contributed by atoms with van der Waals surface area (Å²) in [5.74, 6) is 0. The van der Waals surface area contributed by atoms with Crippen molar-refractivity contribution >= 4 is 44.1 Å². The Labute approximate surface area is 98.2 Å². The van der Waals surface area contributed by atoms with Crippen LogP contribution in [0.1, 0.15) is 0 Å². The van der Waals surface area contributed by atoms with Crippen molar-refractivity contribution in [2.75, 3.05) is 0 Å². The van der Waals surface area contributed by atoms with Gasteiger partial charge in [-0.1, -0.05) is 11.6 Å². The second kappa shape index (κ2) is 3.75. The Morgan fingerprint density at radius 2 is 2.20 bits per heavy atom. The van der Waals surface area contributed by atoms with Crippen molar-refractivity contribution in [3.8, 4) is 0 Å². The molecule has 1 aromatic heterocycles. The summed E-state index contributed by atoms with van der Waals surface area (Å²) in [6.07, 6.45) is 1.55. The summed E-state index contributed by atoms with van der Waals surface area (Å²) in [4.78, 5) is 14.3. The molecule has 2 rings (SSSR count). The quantitative estimate of drug-likeness (QED) is 0.595. The lowest BCUT2D eigenvalue weighted by Gasteiger charge is -2.01. The Bertz CT molecular complexity index is 559. The van der Waals surface area contributed by atoms with E-state index < -0.39 is 4.92 Å². The number of hydrogen-bond donors (Lipinski definition) is 0. The van der Waals surface area contributed by atoms with E-state index >= 15 is 0 Å². The lowest BCUT2D eigenvalue weighted by molar-refractivity contribution is -0.383. The Hall–Kier alpha value is -1.20. The van der Waals surface area contributed by atoms with Gasteiger partial charge < -0.3 is 0 Å². The van der Waals surface area contributed by atoms with Gasteiger partial charge in [-0.2, -0.15) is 0 Å². The minimum Gasteiger partial charge on any atom is -0.258 e. The van der Waals surface area contributed by atoms with Crippen LogP contribution in [0, 0.1) is 10.1 Å². The number of nitrogens with zero attached hydrogens (tertiary/aromatic N) is 2. The second-order valence-electron chi connectivity index (χ2n) is 2.87. The fourth-order valence-electron chi connectivity index (χ4n) is 1.30. The van der Waals surface area contributed by atoms with Gasteiger partial charge in [-0.25, -0.2) is 0 Å². The molecule has 0 bridgehead atoms. The molecule has 4 nitrogen and oxygen atoms in total. The van der Waals surface area contributed by atoms with E-state index in [0.717, 1.165) is 0 Å². The van der Waals surface area contributed by atoms with Crippen molar-refractivity contribution in [1.29, 1.82) is 0 Å². The standard InChI is InChI=1S/C9H4BrClN2O2/c10-5-3-6-8(13(14)15)2-1-7(11)9(6)12-4-5/h1-4H. The van der Waals surface area contributed by atoms with Crippen LogP contribution in [0.2, 0.25) is 5.02 Å². The molecule has 2 aromatic rings. The minimum atomic E-state index is -0.452. The Kier molecular flexibility index (Phi) is 2.58. The third-order valence-electron chi connectivity index (χ3n) is 1.94. The third kappa shape index (κ3) is 1.80. The molecule has 0 aliphatic rings. The fourth-order valence-corrected chi connectivity index (χ4v) is 1.85. The summed E-state index contributed by atoms with van der Waals surface area (Å²) in [6, 6.07) is 4.48. The molecule has 15 heavy (non-hydrogen) atoms. The second-order valence-corrected chi connectivity index (χ2v) is 4.20. The van der Waals surface area contributed by atoms with Gasteiger partial charge in [0.25, 0.3) is 5.69 Å². The maximum Gasteiger partial charge on any atom is 0.278 e. The number of fused-ring (bicyclic) bond motifs is 1. The van der Waals surface area contributed by atoms with Gasteiger partial charge in [-0.15, -0.1) is 0 Å². The maximum atomic E-state index is 10.8. The molecule has 0 radical (unpaired) electrons. The number of pyridine rings is 1. The van der Waals surface area contributed by atoms with E-state index in [-0.39, 0.29) is 5.69 Å². The molecule has 0 saturated heterocycles. The van der Waals surface area contributed by atoms with Crippen LogP contribution in [0.3, 0.4) is 0 Å². The first-order chi connectivity index (χ1) is 7.09. The molecule has 0 atom stereocenters. The smallest absolute Gasteiger partial charge is 0.258 e. The first-order valence-corrected chi connectivity index (χ1v) is 5.15. The number of non-ortho nitro benzene ring substituents is 1. The molecule has 0 fully saturated rings. The lowest BCUT2D eigenvalue weighted by atomic mass is 10.2. The lowest BCUT2D eigenvalue weighted by Crippen LogP contribution is -1.91. The van der Waals surface area contributed by atoms with Crippen molar-refractivity contribution < 1.29 is 4.92 Å². The summed E-state index contributed by atoms with van der Waals surface area (Å²) < 4.78 is 0.681. The number of rotatable bonds is 1. The highest BCUT2D eigenvalue weighted by Crippen LogP contribution is 2.31. The van der Waals surface area contributed by atoms with E-state index in [1.54, 1.807) is 12.3 Å². The van der Waals surface area contributed by atoms with Crippen molar-refractivity contribution in [2.45, 2.75) is 0 Å². The van der Waals surface area contributed by atoms with Crippen LogP contribution >= 0.6 is 27.5 Å². The number of aromatic nitrogens is 1. The van der Waals surface area contributed by atoms with Crippen LogP contribution in [0.4, 0.5) is 5.69 Å². The highest BCUT2D eigenvalue weighted by Gasteiger charge is 2.14. The molecule has 1 aromatic carbocycles. The topological polar surface area (TPSA) is 56.0 Å². The molecule has 6 heteroatoms. The SMILES string of the molecule is O=[N+]([O-])c1ccc(Cl)c2ncc(Br)cc12. The van der Waals surface area contributed by atoms with Crippen LogP contribution in [0.5, 0.6) is 0 Å². The molecule has 0 amide bonds. The highest BCUT2D eigenvalue weighted by atomic mass is 79.9. The molecular formula is C9H4BrClN2O2. The first kappa shape index (κ1) is 10.3. The van der Waals surface area contributed by atoms with Gasteiger partial charge in [0.1, 0.15) is 0 Å². The number of nitro benzene ring substituents is 1. The maximum absolute atomic E-state index is 10.8. The molecule has 0 unspecified atom stereocenters. The average molecular weight is 288 g/mol. The van der Waals surface area contributed by atoms with Gasteiger partial charge in [0.05, 0.1) is 20.8 Å². The van der Waals surface area contributed by atoms with Gasteiger partial charge in [0.15, 0.2) is 0 Å². The van der Waals surface area contributed by atoms with Gasteiger partial charge in [0, 0.05) is 16.7 Å². The Balaban J connectivity index is 2.90. The summed E-state index contributed by atoms with van der Waals surface area (Å²) in [6.45, 7) is 0. The molecular weight excluding hydrogens is 283 g/mol. The van der Waals surface area contributed by atoms with Crippen LogP contribution in [0.15, 0.2) is 28.9 Å². The molecule has 0 aliphatic heterocycles. The Morgan fingerprint density at radius 1 is 1.47 bits per heavy atom. The van der Waals surface area contributed by atoms with Crippen molar-refractivity contribution in [2.24, 2.45) is 0 Å². The van der Waals surface area contributed by atoms with E-state index in [2.05, 4.69) is 20.9 Å². The monoisotopic (exact) mass is 286 g/mol. The average Bonchev–Trinajstić information content (AvgIpc) is 2.17. The van der Waals surface area contributed by atoms with Crippen molar-refractivity contribution in [1.82, 2.24) is 4.98 Å². The van der Waals surface area contributed by atoms with E-state index in [1.807, 2.05) is 0 Å². The van der Waals surface area contributed by atoms with Crippen LogP contribution in [-0.4, -0.2) is 9.91 Å². The molecule has 0 saturated carbocycles. The summed E-state index contributed by atoms with van der Waals surface area (Å²) in [5, 5.41) is 11.6. The fraction of sp³-hybridized carbons (Fsp3) is 0. The van der Waals surface area contributed by atoms with E-state index in [1.165, 1.54) is 12.1 Å². The summed E-state index contributed by atoms with van der Waals surface area (Å²) in [5.41, 5.74) is 0.442. The molecule has 0 aliphatic carbocycles.